The van der Waals surface area contributed by atoms with Gasteiger partial charge in [0.05, 0.1) is 24.7 Å². The number of methoxy groups -OCH3 is 1. The first-order valence-electron chi connectivity index (χ1n) is 10.1. The first-order valence-corrected chi connectivity index (χ1v) is 10.1. The minimum atomic E-state index is 0.487. The summed E-state index contributed by atoms with van der Waals surface area (Å²) in [6.07, 6.45) is 0. The number of rotatable bonds is 4. The number of nitrogens with zero attached hydrogens (tertiary/aromatic N) is 4. The third kappa shape index (κ3) is 2.90. The van der Waals surface area contributed by atoms with Crippen LogP contribution in [0.4, 0.5) is 0 Å². The molecule has 0 N–H and O–H groups in total. The zero-order valence-corrected chi connectivity index (χ0v) is 16.9. The van der Waals surface area contributed by atoms with Gasteiger partial charge in [-0.15, -0.1) is 0 Å². The normalized spacial score (nSPS) is 25.5. The van der Waals surface area contributed by atoms with E-state index in [9.17, 15) is 0 Å². The Morgan fingerprint density at radius 1 is 1.00 bits per heavy atom. The highest BCUT2D eigenvalue weighted by atomic mass is 16.5. The maximum atomic E-state index is 5.33. The lowest BCUT2D eigenvalue weighted by Gasteiger charge is -2.27. The largest absolute Gasteiger partial charge is 0.497 e. The summed E-state index contributed by atoms with van der Waals surface area (Å²) in [4.78, 5) is 10.0. The second kappa shape index (κ2) is 6.90. The van der Waals surface area contributed by atoms with Crippen LogP contribution in [0.25, 0.3) is 11.0 Å². The second-order valence-electron chi connectivity index (χ2n) is 8.35. The molecule has 0 unspecified atom stereocenters. The average molecular weight is 377 g/mol. The van der Waals surface area contributed by atoms with Crippen molar-refractivity contribution in [3.8, 4) is 5.75 Å². The smallest absolute Gasteiger partial charge is 0.123 e. The second-order valence-corrected chi connectivity index (χ2v) is 8.35. The van der Waals surface area contributed by atoms with E-state index < -0.39 is 0 Å². The zero-order chi connectivity index (χ0) is 19.3. The van der Waals surface area contributed by atoms with Crippen LogP contribution in [0.1, 0.15) is 17.4 Å². The molecule has 3 heterocycles. The van der Waals surface area contributed by atoms with Gasteiger partial charge < -0.3 is 9.30 Å². The predicted molar refractivity (Wildman–Crippen MR) is 111 cm³/mol. The lowest BCUT2D eigenvalue weighted by molar-refractivity contribution is 0.221. The number of imidazole rings is 1. The molecule has 5 nitrogen and oxygen atoms in total. The molecule has 146 valence electrons. The Bertz CT molecular complexity index is 980. The molecule has 28 heavy (non-hydrogen) atoms. The Morgan fingerprint density at radius 2 is 1.79 bits per heavy atom. The molecule has 5 rings (SSSR count). The Kier molecular flexibility index (Phi) is 4.37. The molecule has 0 saturated carbocycles. The van der Waals surface area contributed by atoms with Gasteiger partial charge in [0, 0.05) is 32.7 Å². The maximum absolute atomic E-state index is 5.33. The molecule has 2 saturated heterocycles. The van der Waals surface area contributed by atoms with Crippen LogP contribution in [-0.2, 0) is 13.6 Å². The van der Waals surface area contributed by atoms with Crippen molar-refractivity contribution >= 4 is 11.0 Å². The third-order valence-corrected chi connectivity index (χ3v) is 6.67. The van der Waals surface area contributed by atoms with E-state index >= 15 is 0 Å². The van der Waals surface area contributed by atoms with E-state index in [0.29, 0.717) is 12.0 Å². The number of para-hydroxylation sites is 2. The van der Waals surface area contributed by atoms with Crippen molar-refractivity contribution in [2.75, 3.05) is 33.8 Å². The molecule has 5 heteroatoms. The Hall–Kier alpha value is -2.37. The summed E-state index contributed by atoms with van der Waals surface area (Å²) in [5.41, 5.74) is 3.71. The molecular formula is C23H28N4O. The van der Waals surface area contributed by atoms with Crippen LogP contribution in [0.15, 0.2) is 48.5 Å². The van der Waals surface area contributed by atoms with Crippen LogP contribution in [-0.4, -0.2) is 53.1 Å². The third-order valence-electron chi connectivity index (χ3n) is 6.67. The predicted octanol–water partition coefficient (Wildman–Crippen LogP) is 3.32. The lowest BCUT2D eigenvalue weighted by Crippen LogP contribution is -2.29. The van der Waals surface area contributed by atoms with Gasteiger partial charge in [-0.25, -0.2) is 4.98 Å². The number of hydrogen-bond donors (Lipinski definition) is 0. The molecule has 3 aromatic rings. The average Bonchev–Trinajstić information content (AvgIpc) is 3.33. The van der Waals surface area contributed by atoms with Gasteiger partial charge >= 0.3 is 0 Å². The van der Waals surface area contributed by atoms with Gasteiger partial charge in [0.15, 0.2) is 0 Å². The van der Waals surface area contributed by atoms with Crippen molar-refractivity contribution in [1.29, 1.82) is 0 Å². The fourth-order valence-electron chi connectivity index (χ4n) is 5.32. The van der Waals surface area contributed by atoms with Gasteiger partial charge in [-0.1, -0.05) is 24.3 Å². The molecule has 0 aliphatic carbocycles. The molecule has 1 aromatic heterocycles. The number of benzene rings is 2. The van der Waals surface area contributed by atoms with Gasteiger partial charge in [-0.2, -0.15) is 0 Å². The van der Waals surface area contributed by atoms with E-state index in [4.69, 9.17) is 9.72 Å². The van der Waals surface area contributed by atoms with E-state index in [1.54, 1.807) is 7.11 Å². The topological polar surface area (TPSA) is 33.5 Å². The number of hydrogen-bond acceptors (Lipinski definition) is 4. The van der Waals surface area contributed by atoms with E-state index in [2.05, 4.69) is 77.0 Å². The summed E-state index contributed by atoms with van der Waals surface area (Å²) in [6, 6.07) is 17.5. The lowest BCUT2D eigenvalue weighted by atomic mass is 9.89. The summed E-state index contributed by atoms with van der Waals surface area (Å²) in [5.74, 6) is 3.49. The monoisotopic (exact) mass is 376 g/mol. The van der Waals surface area contributed by atoms with Gasteiger partial charge in [0.2, 0.25) is 0 Å². The highest BCUT2D eigenvalue weighted by Crippen LogP contribution is 2.44. The van der Waals surface area contributed by atoms with Crippen molar-refractivity contribution < 1.29 is 4.74 Å². The number of likely N-dealkylation sites (tertiary alicyclic amines) is 2. The molecule has 0 bridgehead atoms. The molecule has 0 amide bonds. The molecule has 2 aliphatic heterocycles. The number of fused-ring (bicyclic) bond motifs is 2. The summed E-state index contributed by atoms with van der Waals surface area (Å²) in [7, 11) is 6.13. The summed E-state index contributed by atoms with van der Waals surface area (Å²) in [5, 5.41) is 0. The molecule has 2 aliphatic rings. The first-order chi connectivity index (χ1) is 13.6. The fraction of sp³-hybridized carbons (Fsp3) is 0.435. The first kappa shape index (κ1) is 17.7. The van der Waals surface area contributed by atoms with Crippen LogP contribution in [0.2, 0.25) is 0 Å². The van der Waals surface area contributed by atoms with Crippen molar-refractivity contribution in [3.63, 3.8) is 0 Å². The van der Waals surface area contributed by atoms with Crippen LogP contribution in [0.5, 0.6) is 5.75 Å². The van der Waals surface area contributed by atoms with E-state index in [1.807, 2.05) is 0 Å². The Morgan fingerprint density at radius 3 is 2.54 bits per heavy atom. The van der Waals surface area contributed by atoms with E-state index in [0.717, 1.165) is 42.6 Å². The quantitative estimate of drug-likeness (QED) is 0.700. The SMILES string of the molecule is COc1ccc([C@H]2[C@@H]3CN(Cc4nc5ccccc5n4C)C[C@@H]3CN2C)cc1. The van der Waals surface area contributed by atoms with Gasteiger partial charge in [-0.3, -0.25) is 9.80 Å². The van der Waals surface area contributed by atoms with Crippen molar-refractivity contribution in [2.45, 2.75) is 12.6 Å². The van der Waals surface area contributed by atoms with Crippen LogP contribution in [0, 0.1) is 11.8 Å². The van der Waals surface area contributed by atoms with Crippen molar-refractivity contribution in [2.24, 2.45) is 18.9 Å². The minimum absolute atomic E-state index is 0.487. The maximum Gasteiger partial charge on any atom is 0.123 e. The summed E-state index contributed by atoms with van der Waals surface area (Å²) < 4.78 is 7.58. The molecule has 2 aromatic carbocycles. The van der Waals surface area contributed by atoms with Gasteiger partial charge in [0.1, 0.15) is 11.6 Å². The highest BCUT2D eigenvalue weighted by Gasteiger charge is 2.46. The molecule has 2 fully saturated rings. The number of aromatic nitrogens is 2. The standard InChI is InChI=1S/C23H28N4O/c1-25-12-17-13-27(15-22-24-20-6-4-5-7-21(20)26(22)2)14-19(17)23(25)16-8-10-18(28-3)11-9-16/h4-11,17,19,23H,12-15H2,1-3H3/t17-,19+,23-/m0/s1. The molecule has 0 radical (unpaired) electrons. The molecule has 3 atom stereocenters. The van der Waals surface area contributed by atoms with Crippen LogP contribution in [0.3, 0.4) is 0 Å². The minimum Gasteiger partial charge on any atom is -0.497 e. The zero-order valence-electron chi connectivity index (χ0n) is 16.9. The van der Waals surface area contributed by atoms with Crippen molar-refractivity contribution in [1.82, 2.24) is 19.4 Å². The van der Waals surface area contributed by atoms with Crippen LogP contribution < -0.4 is 4.74 Å². The summed E-state index contributed by atoms with van der Waals surface area (Å²) in [6.45, 7) is 4.39. The van der Waals surface area contributed by atoms with Crippen molar-refractivity contribution in [3.05, 3.63) is 59.9 Å². The highest BCUT2D eigenvalue weighted by molar-refractivity contribution is 5.75. The van der Waals surface area contributed by atoms with E-state index in [1.165, 1.54) is 17.6 Å². The fourth-order valence-corrected chi connectivity index (χ4v) is 5.32. The van der Waals surface area contributed by atoms with E-state index in [-0.39, 0.29) is 0 Å². The summed E-state index contributed by atoms with van der Waals surface area (Å²) >= 11 is 0. The van der Waals surface area contributed by atoms with Crippen LogP contribution >= 0.6 is 0 Å². The number of ether oxygens (including phenoxy) is 1. The Labute approximate surface area is 166 Å². The van der Waals surface area contributed by atoms with Gasteiger partial charge in [-0.05, 0) is 48.7 Å². The number of aryl methyl sites for hydroxylation is 1. The Balaban J connectivity index is 1.34. The molecule has 0 spiro atoms. The van der Waals surface area contributed by atoms with Gasteiger partial charge in [0.25, 0.3) is 0 Å². The molecular weight excluding hydrogens is 348 g/mol.